The minimum atomic E-state index is -0.813. The molecule has 0 atom stereocenters. The smallest absolute Gasteiger partial charge is 0.273 e. The third-order valence-corrected chi connectivity index (χ3v) is 3.52. The SMILES string of the molecule is CCCCCC(NOCc1ccccc1)=C1C(=O)NC(=O)NC1=O. The number of rotatable bonds is 8. The Labute approximate surface area is 140 Å². The first kappa shape index (κ1) is 17.7. The first-order chi connectivity index (χ1) is 11.6. The number of urea groups is 1. The number of benzene rings is 1. The van der Waals surface area contributed by atoms with Crippen molar-refractivity contribution in [2.45, 2.75) is 39.2 Å². The van der Waals surface area contributed by atoms with E-state index in [9.17, 15) is 14.4 Å². The van der Waals surface area contributed by atoms with E-state index in [0.29, 0.717) is 12.1 Å². The van der Waals surface area contributed by atoms with Gasteiger partial charge in [0.2, 0.25) is 0 Å². The van der Waals surface area contributed by atoms with Crippen molar-refractivity contribution in [3.05, 3.63) is 47.2 Å². The van der Waals surface area contributed by atoms with Gasteiger partial charge in [-0.25, -0.2) is 4.79 Å². The highest BCUT2D eigenvalue weighted by atomic mass is 16.6. The molecule has 0 radical (unpaired) electrons. The highest BCUT2D eigenvalue weighted by Gasteiger charge is 2.31. The second kappa shape index (κ2) is 8.83. The molecule has 2 rings (SSSR count). The molecule has 1 aliphatic heterocycles. The van der Waals surface area contributed by atoms with Crippen LogP contribution >= 0.6 is 0 Å². The van der Waals surface area contributed by atoms with Crippen molar-refractivity contribution in [2.75, 3.05) is 0 Å². The summed E-state index contributed by atoms with van der Waals surface area (Å²) in [7, 11) is 0. The van der Waals surface area contributed by atoms with E-state index in [1.54, 1.807) is 0 Å². The van der Waals surface area contributed by atoms with Gasteiger partial charge in [-0.15, -0.1) is 0 Å². The average Bonchev–Trinajstić information content (AvgIpc) is 2.54. The number of hydrogen-bond acceptors (Lipinski definition) is 5. The number of amides is 4. The fourth-order valence-electron chi connectivity index (χ4n) is 2.30. The van der Waals surface area contributed by atoms with Crippen LogP contribution in [-0.4, -0.2) is 17.8 Å². The molecule has 1 saturated heterocycles. The van der Waals surface area contributed by atoms with Crippen molar-refractivity contribution in [3.63, 3.8) is 0 Å². The predicted molar refractivity (Wildman–Crippen MR) is 87.2 cm³/mol. The average molecular weight is 331 g/mol. The van der Waals surface area contributed by atoms with Crippen LogP contribution in [0.3, 0.4) is 0 Å². The molecule has 1 aliphatic rings. The van der Waals surface area contributed by atoms with Crippen molar-refractivity contribution >= 4 is 17.8 Å². The maximum atomic E-state index is 12.0. The lowest BCUT2D eigenvalue weighted by molar-refractivity contribution is -0.124. The molecule has 0 aromatic heterocycles. The molecule has 1 fully saturated rings. The van der Waals surface area contributed by atoms with E-state index in [-0.39, 0.29) is 12.2 Å². The minimum absolute atomic E-state index is 0.112. The maximum Gasteiger partial charge on any atom is 0.328 e. The molecule has 4 amide bonds. The van der Waals surface area contributed by atoms with Gasteiger partial charge in [0.25, 0.3) is 11.8 Å². The van der Waals surface area contributed by atoms with Crippen molar-refractivity contribution in [3.8, 4) is 0 Å². The summed E-state index contributed by atoms with van der Waals surface area (Å²) in [6.45, 7) is 2.35. The summed E-state index contributed by atoms with van der Waals surface area (Å²) in [6, 6.07) is 8.70. The summed E-state index contributed by atoms with van der Waals surface area (Å²) in [4.78, 5) is 40.6. The van der Waals surface area contributed by atoms with E-state index < -0.39 is 17.8 Å². The molecular weight excluding hydrogens is 310 g/mol. The third-order valence-electron chi connectivity index (χ3n) is 3.52. The molecule has 7 nitrogen and oxygen atoms in total. The zero-order chi connectivity index (χ0) is 17.4. The lowest BCUT2D eigenvalue weighted by atomic mass is 10.1. The van der Waals surface area contributed by atoms with Crippen LogP contribution in [0.15, 0.2) is 41.6 Å². The lowest BCUT2D eigenvalue weighted by Crippen LogP contribution is -2.52. The maximum absolute atomic E-state index is 12.0. The normalized spacial score (nSPS) is 14.2. The molecule has 128 valence electrons. The van der Waals surface area contributed by atoms with Crippen LogP contribution in [0.2, 0.25) is 0 Å². The third kappa shape index (κ3) is 4.92. The van der Waals surface area contributed by atoms with E-state index in [4.69, 9.17) is 4.84 Å². The van der Waals surface area contributed by atoms with Crippen molar-refractivity contribution < 1.29 is 19.2 Å². The van der Waals surface area contributed by atoms with E-state index in [2.05, 4.69) is 23.0 Å². The predicted octanol–water partition coefficient (Wildman–Crippen LogP) is 1.91. The van der Waals surface area contributed by atoms with Gasteiger partial charge in [0.15, 0.2) is 0 Å². The Morgan fingerprint density at radius 3 is 2.33 bits per heavy atom. The Hall–Kier alpha value is -2.67. The number of barbiturate groups is 1. The summed E-state index contributed by atoms with van der Waals surface area (Å²) in [5.41, 5.74) is 3.94. The van der Waals surface area contributed by atoms with Gasteiger partial charge in [-0.2, -0.15) is 0 Å². The number of allylic oxidation sites excluding steroid dienone is 1. The van der Waals surface area contributed by atoms with Crippen LogP contribution < -0.4 is 16.1 Å². The Bertz CT molecular complexity index is 618. The van der Waals surface area contributed by atoms with Gasteiger partial charge in [-0.3, -0.25) is 30.5 Å². The molecule has 1 heterocycles. The Morgan fingerprint density at radius 1 is 1.04 bits per heavy atom. The molecule has 3 N–H and O–H groups in total. The quantitative estimate of drug-likeness (QED) is 0.293. The van der Waals surface area contributed by atoms with Gasteiger partial charge < -0.3 is 0 Å². The second-order valence-electron chi connectivity index (χ2n) is 5.42. The molecule has 0 spiro atoms. The Balaban J connectivity index is 2.08. The zero-order valence-corrected chi connectivity index (χ0v) is 13.6. The van der Waals surface area contributed by atoms with E-state index in [1.165, 1.54) is 0 Å². The molecular formula is C17H21N3O4. The van der Waals surface area contributed by atoms with Crippen molar-refractivity contribution in [1.82, 2.24) is 16.1 Å². The first-order valence-electron chi connectivity index (χ1n) is 7.93. The number of hydrogen-bond donors (Lipinski definition) is 3. The Morgan fingerprint density at radius 2 is 1.71 bits per heavy atom. The van der Waals surface area contributed by atoms with Gasteiger partial charge >= 0.3 is 6.03 Å². The summed E-state index contributed by atoms with van der Waals surface area (Å²) < 4.78 is 0. The number of unbranched alkanes of at least 4 members (excludes halogenated alkanes) is 2. The second-order valence-corrected chi connectivity index (χ2v) is 5.42. The van der Waals surface area contributed by atoms with Crippen LogP contribution in [0, 0.1) is 0 Å². The first-order valence-corrected chi connectivity index (χ1v) is 7.93. The molecule has 1 aromatic rings. The van der Waals surface area contributed by atoms with Gasteiger partial charge in [0.05, 0.1) is 12.3 Å². The largest absolute Gasteiger partial charge is 0.328 e. The molecule has 0 unspecified atom stereocenters. The highest BCUT2D eigenvalue weighted by Crippen LogP contribution is 2.14. The standard InChI is InChI=1S/C17H21N3O4/c1-2-3-5-10-13(14-15(21)18-17(23)19-16(14)22)20-24-11-12-8-6-4-7-9-12/h4,6-9,20H,2-3,5,10-11H2,1H3,(H2,18,19,21,22,23). The molecule has 7 heteroatoms. The fourth-order valence-corrected chi connectivity index (χ4v) is 2.30. The number of carbonyl (C=O) groups is 3. The number of imide groups is 2. The number of carbonyl (C=O) groups excluding carboxylic acids is 3. The van der Waals surface area contributed by atoms with Crippen LogP contribution in [-0.2, 0) is 21.0 Å². The molecule has 0 aliphatic carbocycles. The molecule has 1 aromatic carbocycles. The lowest BCUT2D eigenvalue weighted by Gasteiger charge is -2.19. The number of nitrogens with one attached hydrogen (secondary N) is 3. The van der Waals surface area contributed by atoms with Crippen molar-refractivity contribution in [2.24, 2.45) is 0 Å². The summed E-state index contributed by atoms with van der Waals surface area (Å²) in [5.74, 6) is -1.43. The summed E-state index contributed by atoms with van der Waals surface area (Å²) in [5, 5.41) is 4.15. The van der Waals surface area contributed by atoms with Gasteiger partial charge in [-0.05, 0) is 18.4 Å². The van der Waals surface area contributed by atoms with Crippen LogP contribution in [0.25, 0.3) is 0 Å². The van der Waals surface area contributed by atoms with Gasteiger partial charge in [0.1, 0.15) is 5.57 Å². The summed E-state index contributed by atoms with van der Waals surface area (Å²) >= 11 is 0. The van der Waals surface area contributed by atoms with Crippen LogP contribution in [0.1, 0.15) is 38.2 Å². The Kier molecular flexibility index (Phi) is 6.51. The monoisotopic (exact) mass is 331 g/mol. The minimum Gasteiger partial charge on any atom is -0.273 e. The van der Waals surface area contributed by atoms with Crippen LogP contribution in [0.5, 0.6) is 0 Å². The van der Waals surface area contributed by atoms with Gasteiger partial charge in [-0.1, -0.05) is 50.1 Å². The number of hydroxylamine groups is 1. The van der Waals surface area contributed by atoms with E-state index in [1.807, 2.05) is 30.3 Å². The summed E-state index contributed by atoms with van der Waals surface area (Å²) in [6.07, 6.45) is 3.24. The van der Waals surface area contributed by atoms with Crippen molar-refractivity contribution in [1.29, 1.82) is 0 Å². The topological polar surface area (TPSA) is 96.5 Å². The fraction of sp³-hybridized carbons (Fsp3) is 0.353. The van der Waals surface area contributed by atoms with E-state index in [0.717, 1.165) is 24.8 Å². The molecule has 0 bridgehead atoms. The van der Waals surface area contributed by atoms with Gasteiger partial charge in [0, 0.05) is 0 Å². The van der Waals surface area contributed by atoms with Crippen LogP contribution in [0.4, 0.5) is 4.79 Å². The molecule has 24 heavy (non-hydrogen) atoms. The van der Waals surface area contributed by atoms with E-state index >= 15 is 0 Å². The highest BCUT2D eigenvalue weighted by molar-refractivity contribution is 6.29. The molecule has 0 saturated carbocycles. The zero-order valence-electron chi connectivity index (χ0n) is 13.6.